The molecule has 2 heterocycles. The van der Waals surface area contributed by atoms with Crippen molar-refractivity contribution < 1.29 is 14.3 Å². The topological polar surface area (TPSA) is 91.2 Å². The van der Waals surface area contributed by atoms with Gasteiger partial charge in [-0.15, -0.1) is 5.10 Å². The summed E-state index contributed by atoms with van der Waals surface area (Å²) in [6.45, 7) is 4.70. The summed E-state index contributed by atoms with van der Waals surface area (Å²) >= 11 is 1.29. The summed E-state index contributed by atoms with van der Waals surface area (Å²) in [5, 5.41) is 15.3. The average Bonchev–Trinajstić information content (AvgIpc) is 3.32. The van der Waals surface area contributed by atoms with E-state index in [1.165, 1.54) is 11.8 Å². The van der Waals surface area contributed by atoms with Crippen LogP contribution in [-0.4, -0.2) is 38.7 Å². The molecule has 2 aromatic carbocycles. The average molecular weight is 397 g/mol. The number of rotatable bonds is 6. The molecule has 0 fully saturated rings. The zero-order valence-corrected chi connectivity index (χ0v) is 16.3. The third-order valence-corrected chi connectivity index (χ3v) is 5.07. The summed E-state index contributed by atoms with van der Waals surface area (Å²) in [5.41, 5.74) is 4.08. The van der Waals surface area contributed by atoms with Crippen LogP contribution in [0.4, 0.5) is 0 Å². The van der Waals surface area contributed by atoms with Gasteiger partial charge in [0.05, 0.1) is 11.4 Å². The molecule has 1 aliphatic heterocycles. The van der Waals surface area contributed by atoms with Crippen molar-refractivity contribution in [3.63, 3.8) is 0 Å². The van der Waals surface area contributed by atoms with Crippen LogP contribution in [0.1, 0.15) is 16.7 Å². The molecule has 4 rings (SSSR count). The van der Waals surface area contributed by atoms with E-state index in [1.807, 2.05) is 44.2 Å². The van der Waals surface area contributed by atoms with E-state index in [9.17, 15) is 4.79 Å². The van der Waals surface area contributed by atoms with Gasteiger partial charge in [-0.3, -0.25) is 4.79 Å². The zero-order valence-electron chi connectivity index (χ0n) is 15.5. The number of hydrogen-bond donors (Lipinski definition) is 1. The number of benzene rings is 2. The maximum Gasteiger partial charge on any atom is 0.231 e. The van der Waals surface area contributed by atoms with Crippen molar-refractivity contribution in [3.8, 4) is 17.2 Å². The summed E-state index contributed by atoms with van der Waals surface area (Å²) < 4.78 is 12.3. The summed E-state index contributed by atoms with van der Waals surface area (Å²) in [6, 6.07) is 11.7. The first-order valence-electron chi connectivity index (χ1n) is 8.73. The fourth-order valence-electron chi connectivity index (χ4n) is 2.94. The minimum atomic E-state index is -0.0994. The molecule has 144 valence electrons. The Morgan fingerprint density at radius 1 is 1.14 bits per heavy atom. The van der Waals surface area contributed by atoms with Crippen LogP contribution in [0.15, 0.2) is 41.6 Å². The summed E-state index contributed by atoms with van der Waals surface area (Å²) in [5.74, 6) is 1.55. The van der Waals surface area contributed by atoms with Crippen LogP contribution in [0, 0.1) is 13.8 Å². The molecule has 0 saturated carbocycles. The van der Waals surface area contributed by atoms with Crippen LogP contribution in [0.3, 0.4) is 0 Å². The second kappa shape index (κ2) is 7.89. The van der Waals surface area contributed by atoms with E-state index in [4.69, 9.17) is 9.47 Å². The Balaban J connectivity index is 1.35. The number of nitrogens with one attached hydrogen (secondary N) is 1. The van der Waals surface area contributed by atoms with E-state index in [2.05, 4.69) is 26.9 Å². The third-order valence-electron chi connectivity index (χ3n) is 4.15. The number of carbonyl (C=O) groups is 1. The first-order valence-corrected chi connectivity index (χ1v) is 9.72. The van der Waals surface area contributed by atoms with Crippen LogP contribution >= 0.6 is 11.8 Å². The van der Waals surface area contributed by atoms with Crippen molar-refractivity contribution in [1.29, 1.82) is 0 Å². The van der Waals surface area contributed by atoms with Crippen molar-refractivity contribution in [2.45, 2.75) is 25.5 Å². The fourth-order valence-corrected chi connectivity index (χ4v) is 3.66. The third kappa shape index (κ3) is 4.09. The SMILES string of the molecule is Cc1cc(C)cc(-n2nnnc2SCC(=O)NCc2ccc3c(c2)OCO3)c1. The summed E-state index contributed by atoms with van der Waals surface area (Å²) in [4.78, 5) is 12.2. The molecule has 9 heteroatoms. The predicted molar refractivity (Wildman–Crippen MR) is 104 cm³/mol. The Kier molecular flexibility index (Phi) is 5.16. The number of nitrogens with zero attached hydrogens (tertiary/aromatic N) is 4. The van der Waals surface area contributed by atoms with Crippen molar-refractivity contribution in [1.82, 2.24) is 25.5 Å². The number of aryl methyl sites for hydroxylation is 2. The summed E-state index contributed by atoms with van der Waals surface area (Å²) in [7, 11) is 0. The molecule has 0 radical (unpaired) electrons. The molecule has 28 heavy (non-hydrogen) atoms. The van der Waals surface area contributed by atoms with Gasteiger partial charge in [0.1, 0.15) is 0 Å². The van der Waals surface area contributed by atoms with Crippen LogP contribution in [0.25, 0.3) is 5.69 Å². The van der Waals surface area contributed by atoms with Crippen LogP contribution < -0.4 is 14.8 Å². The Morgan fingerprint density at radius 3 is 2.75 bits per heavy atom. The highest BCUT2D eigenvalue weighted by Gasteiger charge is 2.15. The first kappa shape index (κ1) is 18.3. The molecule has 1 N–H and O–H groups in total. The van der Waals surface area contributed by atoms with E-state index in [1.54, 1.807) is 4.68 Å². The number of carbonyl (C=O) groups excluding carboxylic acids is 1. The molecule has 1 aromatic heterocycles. The molecule has 8 nitrogen and oxygen atoms in total. The molecule has 0 atom stereocenters. The molecular weight excluding hydrogens is 378 g/mol. The largest absolute Gasteiger partial charge is 0.454 e. The minimum absolute atomic E-state index is 0.0994. The maximum atomic E-state index is 12.2. The smallest absolute Gasteiger partial charge is 0.231 e. The molecule has 1 aliphatic rings. The van der Waals surface area contributed by atoms with Crippen molar-refractivity contribution in [2.24, 2.45) is 0 Å². The molecule has 0 saturated heterocycles. The second-order valence-corrected chi connectivity index (χ2v) is 7.41. The van der Waals surface area contributed by atoms with Crippen LogP contribution in [0.2, 0.25) is 0 Å². The van der Waals surface area contributed by atoms with E-state index in [0.29, 0.717) is 17.5 Å². The van der Waals surface area contributed by atoms with E-state index < -0.39 is 0 Å². The number of ether oxygens (including phenoxy) is 2. The van der Waals surface area contributed by atoms with Gasteiger partial charge in [-0.2, -0.15) is 4.68 Å². The van der Waals surface area contributed by atoms with Gasteiger partial charge in [-0.1, -0.05) is 23.9 Å². The quantitative estimate of drug-likeness (QED) is 0.639. The number of thioether (sulfide) groups is 1. The Bertz CT molecular complexity index is 1000. The van der Waals surface area contributed by atoms with E-state index in [-0.39, 0.29) is 18.5 Å². The van der Waals surface area contributed by atoms with E-state index >= 15 is 0 Å². The van der Waals surface area contributed by atoms with Crippen LogP contribution in [0.5, 0.6) is 11.5 Å². The van der Waals surface area contributed by atoms with Gasteiger partial charge >= 0.3 is 0 Å². The van der Waals surface area contributed by atoms with Gasteiger partial charge in [0, 0.05) is 6.54 Å². The molecule has 3 aromatic rings. The van der Waals surface area contributed by atoms with Crippen molar-refractivity contribution in [2.75, 3.05) is 12.5 Å². The minimum Gasteiger partial charge on any atom is -0.454 e. The Labute approximate surface area is 166 Å². The first-order chi connectivity index (χ1) is 13.6. The maximum absolute atomic E-state index is 12.2. The standard InChI is InChI=1S/C19H19N5O3S/c1-12-5-13(2)7-15(6-12)24-19(21-22-23-24)28-10-18(25)20-9-14-3-4-16-17(8-14)27-11-26-16/h3-8H,9-11H2,1-2H3,(H,20,25). The molecular formula is C19H19N5O3S. The van der Waals surface area contributed by atoms with Crippen molar-refractivity contribution in [3.05, 3.63) is 53.1 Å². The van der Waals surface area contributed by atoms with Gasteiger partial charge in [0.2, 0.25) is 17.9 Å². The van der Waals surface area contributed by atoms with Crippen molar-refractivity contribution >= 4 is 17.7 Å². The molecule has 0 bridgehead atoms. The number of fused-ring (bicyclic) bond motifs is 1. The molecule has 0 spiro atoms. The number of aromatic nitrogens is 4. The lowest BCUT2D eigenvalue weighted by Gasteiger charge is -2.08. The normalized spacial score (nSPS) is 12.2. The molecule has 0 aliphatic carbocycles. The monoisotopic (exact) mass is 397 g/mol. The van der Waals surface area contributed by atoms with Gasteiger partial charge < -0.3 is 14.8 Å². The summed E-state index contributed by atoms with van der Waals surface area (Å²) in [6.07, 6.45) is 0. The van der Waals surface area contributed by atoms with Gasteiger partial charge in [-0.05, 0) is 65.2 Å². The van der Waals surface area contributed by atoms with Crippen LogP contribution in [-0.2, 0) is 11.3 Å². The fraction of sp³-hybridized carbons (Fsp3) is 0.263. The second-order valence-electron chi connectivity index (χ2n) is 6.47. The van der Waals surface area contributed by atoms with Gasteiger partial charge in [0.25, 0.3) is 0 Å². The highest BCUT2D eigenvalue weighted by atomic mass is 32.2. The predicted octanol–water partition coefficient (Wildman–Crippen LogP) is 2.42. The van der Waals surface area contributed by atoms with E-state index in [0.717, 1.165) is 28.1 Å². The lowest BCUT2D eigenvalue weighted by molar-refractivity contribution is -0.118. The molecule has 0 unspecified atom stereocenters. The lowest BCUT2D eigenvalue weighted by atomic mass is 10.1. The number of tetrazole rings is 1. The molecule has 1 amide bonds. The lowest BCUT2D eigenvalue weighted by Crippen LogP contribution is -2.24. The van der Waals surface area contributed by atoms with Gasteiger partial charge in [-0.25, -0.2) is 0 Å². The number of amides is 1. The Hall–Kier alpha value is -3.07. The van der Waals surface area contributed by atoms with Gasteiger partial charge in [0.15, 0.2) is 11.5 Å². The highest BCUT2D eigenvalue weighted by Crippen LogP contribution is 2.32. The highest BCUT2D eigenvalue weighted by molar-refractivity contribution is 7.99. The number of hydrogen-bond acceptors (Lipinski definition) is 7. The zero-order chi connectivity index (χ0) is 19.5. The Morgan fingerprint density at radius 2 is 1.93 bits per heavy atom.